The maximum absolute atomic E-state index is 12.8. The molecule has 0 aromatic heterocycles. The summed E-state index contributed by atoms with van der Waals surface area (Å²) in [6, 6.07) is 5.57. The van der Waals surface area contributed by atoms with E-state index in [1.54, 1.807) is 4.90 Å². The highest BCUT2D eigenvalue weighted by atomic mass is 16.5. The Morgan fingerprint density at radius 3 is 2.62 bits per heavy atom. The summed E-state index contributed by atoms with van der Waals surface area (Å²) in [4.78, 5) is 40.6. The first-order valence-corrected chi connectivity index (χ1v) is 10.8. The number of carbonyl (C=O) groups is 3. The van der Waals surface area contributed by atoms with Crippen LogP contribution in [0.4, 0.5) is 0 Å². The number of nitrogens with zero attached hydrogens (tertiary/aromatic N) is 2. The molecule has 7 heteroatoms. The molecule has 3 heterocycles. The Balaban J connectivity index is 1.30. The highest BCUT2D eigenvalue weighted by Gasteiger charge is 2.39. The number of nitrogens with one attached hydrogen (secondary N) is 1. The maximum Gasteiger partial charge on any atom is 0.255 e. The van der Waals surface area contributed by atoms with Gasteiger partial charge in [0.1, 0.15) is 17.9 Å². The van der Waals surface area contributed by atoms with E-state index < -0.39 is 6.04 Å². The second kappa shape index (κ2) is 7.44. The summed E-state index contributed by atoms with van der Waals surface area (Å²) in [6.07, 6.45) is 6.86. The molecule has 1 aromatic carbocycles. The molecule has 3 atom stereocenters. The minimum absolute atomic E-state index is 0.142. The lowest BCUT2D eigenvalue weighted by Crippen LogP contribution is -2.52. The molecule has 7 nitrogen and oxygen atoms in total. The second-order valence-electron chi connectivity index (χ2n) is 8.62. The molecule has 154 valence electrons. The van der Waals surface area contributed by atoms with E-state index in [0.717, 1.165) is 17.7 Å². The minimum Gasteiger partial charge on any atom is -0.489 e. The molecule has 2 saturated heterocycles. The second-order valence-corrected chi connectivity index (χ2v) is 8.62. The Kier molecular flexibility index (Phi) is 4.78. The standard InChI is InChI=1S/C22H27N3O4/c26-20-9-8-18(21(27)23-20)25-13-14-12-15(6-7-16(14)22(25)28)29-19-5-3-4-17(19)24-10-1-2-11-24/h6-7,12,17-19H,1-5,8-11,13H2,(H,23,26,27). The molecule has 4 aliphatic rings. The van der Waals surface area contributed by atoms with Crippen LogP contribution in [0.25, 0.3) is 0 Å². The van der Waals surface area contributed by atoms with Gasteiger partial charge in [-0.15, -0.1) is 0 Å². The van der Waals surface area contributed by atoms with Crippen LogP contribution >= 0.6 is 0 Å². The monoisotopic (exact) mass is 397 g/mol. The van der Waals surface area contributed by atoms with Gasteiger partial charge in [-0.1, -0.05) is 0 Å². The molecule has 1 saturated carbocycles. The first-order valence-electron chi connectivity index (χ1n) is 10.8. The van der Waals surface area contributed by atoms with E-state index in [0.29, 0.717) is 24.6 Å². The fraction of sp³-hybridized carbons (Fsp3) is 0.591. The predicted molar refractivity (Wildman–Crippen MR) is 105 cm³/mol. The Morgan fingerprint density at radius 2 is 1.83 bits per heavy atom. The molecule has 3 fully saturated rings. The van der Waals surface area contributed by atoms with Crippen molar-refractivity contribution in [1.82, 2.24) is 15.1 Å². The molecule has 1 aliphatic carbocycles. The van der Waals surface area contributed by atoms with E-state index in [2.05, 4.69) is 10.2 Å². The number of piperidine rings is 1. The molecule has 3 unspecified atom stereocenters. The maximum atomic E-state index is 12.8. The van der Waals surface area contributed by atoms with Gasteiger partial charge in [0.25, 0.3) is 5.91 Å². The lowest BCUT2D eigenvalue weighted by Gasteiger charge is -2.29. The summed E-state index contributed by atoms with van der Waals surface area (Å²) >= 11 is 0. The molecule has 0 spiro atoms. The number of ether oxygens (including phenoxy) is 1. The van der Waals surface area contributed by atoms with Crippen molar-refractivity contribution in [2.24, 2.45) is 0 Å². The van der Waals surface area contributed by atoms with Gasteiger partial charge < -0.3 is 9.64 Å². The fourth-order valence-electron chi connectivity index (χ4n) is 5.33. The lowest BCUT2D eigenvalue weighted by molar-refractivity contribution is -0.136. The Labute approximate surface area is 170 Å². The zero-order valence-electron chi connectivity index (χ0n) is 16.6. The van der Waals surface area contributed by atoms with Gasteiger partial charge in [0, 0.05) is 24.6 Å². The van der Waals surface area contributed by atoms with Gasteiger partial charge in [0.05, 0.1) is 0 Å². The SMILES string of the molecule is O=C1CCC(N2Cc3cc(OC4CCCC4N4CCCC4)ccc3C2=O)C(=O)N1. The van der Waals surface area contributed by atoms with Crippen molar-refractivity contribution in [1.29, 1.82) is 0 Å². The van der Waals surface area contributed by atoms with E-state index in [1.165, 1.54) is 38.8 Å². The largest absolute Gasteiger partial charge is 0.489 e. The zero-order valence-corrected chi connectivity index (χ0v) is 16.6. The summed E-state index contributed by atoms with van der Waals surface area (Å²) in [5, 5.41) is 2.34. The topological polar surface area (TPSA) is 79.0 Å². The Bertz CT molecular complexity index is 848. The Morgan fingerprint density at radius 1 is 1.00 bits per heavy atom. The van der Waals surface area contributed by atoms with Crippen molar-refractivity contribution in [2.75, 3.05) is 13.1 Å². The number of hydrogen-bond acceptors (Lipinski definition) is 5. The number of fused-ring (bicyclic) bond motifs is 1. The molecule has 3 aliphatic heterocycles. The third-order valence-electron chi connectivity index (χ3n) is 6.81. The van der Waals surface area contributed by atoms with Gasteiger partial charge in [-0.2, -0.15) is 0 Å². The van der Waals surface area contributed by atoms with Crippen LogP contribution in [0.3, 0.4) is 0 Å². The fourth-order valence-corrected chi connectivity index (χ4v) is 5.33. The van der Waals surface area contributed by atoms with Crippen LogP contribution < -0.4 is 10.1 Å². The van der Waals surface area contributed by atoms with Gasteiger partial charge >= 0.3 is 0 Å². The first-order chi connectivity index (χ1) is 14.1. The van der Waals surface area contributed by atoms with Crippen LogP contribution in [-0.2, 0) is 16.1 Å². The number of hydrogen-bond donors (Lipinski definition) is 1. The molecule has 3 amide bonds. The normalized spacial score (nSPS) is 30.0. The number of carbonyl (C=O) groups excluding carboxylic acids is 3. The summed E-state index contributed by atoms with van der Waals surface area (Å²) in [5.74, 6) is 0.0168. The average Bonchev–Trinajstić information content (AvgIpc) is 3.43. The van der Waals surface area contributed by atoms with Gasteiger partial charge in [0.2, 0.25) is 11.8 Å². The summed E-state index contributed by atoms with van der Waals surface area (Å²) in [6.45, 7) is 2.73. The molecule has 0 radical (unpaired) electrons. The molecule has 0 bridgehead atoms. The quantitative estimate of drug-likeness (QED) is 0.785. The third-order valence-corrected chi connectivity index (χ3v) is 6.81. The molecular formula is C22H27N3O4. The van der Waals surface area contributed by atoms with Crippen LogP contribution in [0.1, 0.15) is 60.9 Å². The number of imide groups is 1. The summed E-state index contributed by atoms with van der Waals surface area (Å²) < 4.78 is 6.38. The van der Waals surface area contributed by atoms with Crippen molar-refractivity contribution in [3.05, 3.63) is 29.3 Å². The lowest BCUT2D eigenvalue weighted by atomic mass is 10.0. The van der Waals surface area contributed by atoms with Crippen LogP contribution in [-0.4, -0.2) is 58.8 Å². The van der Waals surface area contributed by atoms with Crippen molar-refractivity contribution >= 4 is 17.7 Å². The highest BCUT2D eigenvalue weighted by Crippen LogP contribution is 2.34. The zero-order chi connectivity index (χ0) is 20.0. The van der Waals surface area contributed by atoms with Crippen LogP contribution in [0, 0.1) is 0 Å². The van der Waals surface area contributed by atoms with E-state index in [4.69, 9.17) is 4.74 Å². The van der Waals surface area contributed by atoms with Gasteiger partial charge in [-0.25, -0.2) is 0 Å². The predicted octanol–water partition coefficient (Wildman–Crippen LogP) is 1.84. The van der Waals surface area contributed by atoms with Crippen molar-refractivity contribution in [3.63, 3.8) is 0 Å². The molecule has 1 N–H and O–H groups in total. The third kappa shape index (κ3) is 3.41. The van der Waals surface area contributed by atoms with Gasteiger partial charge in [-0.05, 0) is 75.4 Å². The van der Waals surface area contributed by atoms with E-state index >= 15 is 0 Å². The number of likely N-dealkylation sites (tertiary alicyclic amines) is 1. The van der Waals surface area contributed by atoms with E-state index in [1.807, 2.05) is 18.2 Å². The number of benzene rings is 1. The van der Waals surface area contributed by atoms with Crippen molar-refractivity contribution in [2.45, 2.75) is 69.7 Å². The van der Waals surface area contributed by atoms with Crippen molar-refractivity contribution in [3.8, 4) is 5.75 Å². The molecule has 5 rings (SSSR count). The first kappa shape index (κ1) is 18.6. The number of rotatable bonds is 4. The molecule has 29 heavy (non-hydrogen) atoms. The molecular weight excluding hydrogens is 370 g/mol. The van der Waals surface area contributed by atoms with Crippen LogP contribution in [0.2, 0.25) is 0 Å². The van der Waals surface area contributed by atoms with Crippen LogP contribution in [0.5, 0.6) is 5.75 Å². The Hall–Kier alpha value is -2.41. The average molecular weight is 397 g/mol. The van der Waals surface area contributed by atoms with E-state index in [-0.39, 0.29) is 30.2 Å². The summed E-state index contributed by atoms with van der Waals surface area (Å²) in [5.41, 5.74) is 1.53. The smallest absolute Gasteiger partial charge is 0.255 e. The van der Waals surface area contributed by atoms with Gasteiger partial charge in [0.15, 0.2) is 0 Å². The number of amides is 3. The summed E-state index contributed by atoms with van der Waals surface area (Å²) in [7, 11) is 0. The minimum atomic E-state index is -0.577. The van der Waals surface area contributed by atoms with Gasteiger partial charge in [-0.3, -0.25) is 24.6 Å². The van der Waals surface area contributed by atoms with Crippen molar-refractivity contribution < 1.29 is 19.1 Å². The highest BCUT2D eigenvalue weighted by molar-refractivity contribution is 6.05. The molecule has 1 aromatic rings. The van der Waals surface area contributed by atoms with Crippen LogP contribution in [0.15, 0.2) is 18.2 Å². The van der Waals surface area contributed by atoms with E-state index in [9.17, 15) is 14.4 Å².